The Morgan fingerprint density at radius 1 is 0.375 bits per heavy atom. The summed E-state index contributed by atoms with van der Waals surface area (Å²) in [6, 6.07) is 45.1. The number of fused-ring (bicyclic) bond motifs is 6. The molecule has 0 spiro atoms. The third-order valence-electron chi connectivity index (χ3n) is 9.38. The molecule has 2 heterocycles. The van der Waals surface area contributed by atoms with Gasteiger partial charge in [-0.05, 0) is 85.3 Å². The summed E-state index contributed by atoms with van der Waals surface area (Å²) in [7, 11) is 0. The van der Waals surface area contributed by atoms with E-state index < -0.39 is 6.04 Å². The maximum absolute atomic E-state index is 8.89. The van der Waals surface area contributed by atoms with E-state index in [0.717, 1.165) is 88.0 Å². The molecule has 0 unspecified atom stereocenters. The molecule has 2 heteroatoms. The Balaban J connectivity index is 1.21. The van der Waals surface area contributed by atoms with Crippen LogP contribution in [0.2, 0.25) is 0 Å². The summed E-state index contributed by atoms with van der Waals surface area (Å²) in [5.74, 6) is 0.819. The van der Waals surface area contributed by atoms with Gasteiger partial charge < -0.3 is 8.83 Å². The van der Waals surface area contributed by atoms with Gasteiger partial charge in [-0.15, -0.1) is 0 Å². The van der Waals surface area contributed by atoms with Crippen molar-refractivity contribution in [2.45, 2.75) is 0 Å². The van der Waals surface area contributed by atoms with Gasteiger partial charge in [-0.1, -0.05) is 139 Å². The van der Waals surface area contributed by atoms with E-state index in [2.05, 4.69) is 36.4 Å². The van der Waals surface area contributed by atoms with E-state index in [4.69, 9.17) is 15.7 Å². The monoisotopic (exact) mass is 617 g/mol. The fraction of sp³-hybridized carbons (Fsp3) is 0. The van der Waals surface area contributed by atoms with Crippen LogP contribution < -0.4 is 0 Å². The summed E-state index contributed by atoms with van der Waals surface area (Å²) in [6.07, 6.45) is 0. The van der Waals surface area contributed by atoms with Crippen molar-refractivity contribution < 1.29 is 15.7 Å². The number of hydrogen-bond donors (Lipinski definition) is 0. The van der Waals surface area contributed by atoms with Gasteiger partial charge in [0.15, 0.2) is 0 Å². The molecule has 0 aliphatic carbocycles. The van der Waals surface area contributed by atoms with Crippen molar-refractivity contribution in [2.24, 2.45) is 0 Å². The molecule has 0 atom stereocenters. The second-order valence-corrected chi connectivity index (χ2v) is 12.0. The first kappa shape index (κ1) is 22.2. The van der Waals surface area contributed by atoms with Crippen molar-refractivity contribution in [3.05, 3.63) is 170 Å². The first-order valence-corrected chi connectivity index (χ1v) is 15.9. The maximum Gasteiger partial charge on any atom is 0.136 e. The minimum absolute atomic E-state index is 0.193. The van der Waals surface area contributed by atoms with Crippen LogP contribution >= 0.6 is 0 Å². The van der Waals surface area contributed by atoms with Crippen LogP contribution in [-0.2, 0) is 0 Å². The Morgan fingerprint density at radius 3 is 1.75 bits per heavy atom. The average molecular weight is 618 g/mol. The molecule has 0 bridgehead atoms. The molecule has 0 aliphatic rings. The summed E-state index contributed by atoms with van der Waals surface area (Å²) in [5.41, 5.74) is 8.21. The minimum Gasteiger partial charge on any atom is -0.456 e. The lowest BCUT2D eigenvalue weighted by Crippen LogP contribution is -1.91. The highest BCUT2D eigenvalue weighted by Gasteiger charge is 2.20. The Bertz CT molecular complexity index is 3040. The van der Waals surface area contributed by atoms with Gasteiger partial charge in [-0.2, -0.15) is 0 Å². The summed E-state index contributed by atoms with van der Waals surface area (Å²) in [4.78, 5) is 0. The normalized spacial score (nSPS) is 13.2. The maximum atomic E-state index is 8.89. The Morgan fingerprint density at radius 2 is 1.02 bits per heavy atom. The largest absolute Gasteiger partial charge is 0.456 e. The van der Waals surface area contributed by atoms with Crippen molar-refractivity contribution in [2.75, 3.05) is 0 Å². The summed E-state index contributed by atoms with van der Waals surface area (Å²) in [5, 5.41) is 6.41. The SMILES string of the molecule is [2H]c1c([2H])c([2H])c(-c2c3ccccc3c(-c3cccc4oc5cc(-c6cccc7oc(-c8ccccc8)cc67)ccc5c34)c3ccccc23)c([2H])c1[2H]. The standard InChI is InChI=1S/C46H28O2/c1-3-13-29(14-4-1)42-28-39-32(21-11-23-40(39)47-42)31-25-26-37-43(27-31)48-41-24-12-22-38(46(37)41)45-35-19-9-7-17-33(35)44(30-15-5-2-6-16-30)34-18-8-10-20-36(34)45/h1-28H/i2D,5D,6D,15D,16D. The van der Waals surface area contributed by atoms with E-state index in [9.17, 15) is 0 Å². The molecule has 0 N–H and O–H groups in total. The molecule has 0 fully saturated rings. The molecule has 2 nitrogen and oxygen atoms in total. The minimum atomic E-state index is -0.408. The van der Waals surface area contributed by atoms with Gasteiger partial charge in [0, 0.05) is 21.7 Å². The second-order valence-electron chi connectivity index (χ2n) is 12.0. The summed E-state index contributed by atoms with van der Waals surface area (Å²) >= 11 is 0. The first-order valence-electron chi connectivity index (χ1n) is 18.4. The van der Waals surface area contributed by atoms with Gasteiger partial charge in [0.25, 0.3) is 0 Å². The molecular weight excluding hydrogens is 585 g/mol. The molecule has 10 rings (SSSR count). The fourth-order valence-electron chi connectivity index (χ4n) is 7.32. The van der Waals surface area contributed by atoms with Gasteiger partial charge in [-0.3, -0.25) is 0 Å². The van der Waals surface area contributed by atoms with Gasteiger partial charge in [-0.25, -0.2) is 0 Å². The van der Waals surface area contributed by atoms with Gasteiger partial charge in [0.2, 0.25) is 0 Å². The fourth-order valence-corrected chi connectivity index (χ4v) is 7.32. The Labute approximate surface area is 284 Å². The average Bonchev–Trinajstić information content (AvgIpc) is 3.81. The number of hydrogen-bond acceptors (Lipinski definition) is 2. The number of benzene rings is 8. The van der Waals surface area contributed by atoms with Crippen molar-refractivity contribution in [3.63, 3.8) is 0 Å². The van der Waals surface area contributed by atoms with Crippen molar-refractivity contribution in [3.8, 4) is 44.7 Å². The summed E-state index contributed by atoms with van der Waals surface area (Å²) < 4.78 is 55.8. The molecule has 48 heavy (non-hydrogen) atoms. The van der Waals surface area contributed by atoms with Crippen LogP contribution in [0.4, 0.5) is 0 Å². The zero-order valence-corrected chi connectivity index (χ0v) is 25.6. The Kier molecular flexibility index (Phi) is 4.89. The molecule has 0 saturated carbocycles. The van der Waals surface area contributed by atoms with Crippen LogP contribution in [0.3, 0.4) is 0 Å². The molecule has 0 amide bonds. The highest BCUT2D eigenvalue weighted by Crippen LogP contribution is 2.47. The van der Waals surface area contributed by atoms with Gasteiger partial charge in [0.05, 0.1) is 6.85 Å². The van der Waals surface area contributed by atoms with Crippen LogP contribution in [0.25, 0.3) is 99.2 Å². The summed E-state index contributed by atoms with van der Waals surface area (Å²) in [6.45, 7) is 0. The first-order chi connectivity index (χ1) is 25.9. The lowest BCUT2D eigenvalue weighted by atomic mass is 9.85. The van der Waals surface area contributed by atoms with E-state index in [0.29, 0.717) is 5.56 Å². The predicted octanol–water partition coefficient (Wildman–Crippen LogP) is 13.3. The predicted molar refractivity (Wildman–Crippen MR) is 200 cm³/mol. The Hall–Kier alpha value is -6.38. The van der Waals surface area contributed by atoms with Crippen molar-refractivity contribution in [1.82, 2.24) is 0 Å². The smallest absolute Gasteiger partial charge is 0.136 e. The van der Waals surface area contributed by atoms with E-state index >= 15 is 0 Å². The van der Waals surface area contributed by atoms with E-state index in [-0.39, 0.29) is 29.7 Å². The lowest BCUT2D eigenvalue weighted by Gasteiger charge is -2.18. The second kappa shape index (κ2) is 10.6. The van der Waals surface area contributed by atoms with Crippen molar-refractivity contribution >= 4 is 54.5 Å². The third-order valence-corrected chi connectivity index (χ3v) is 9.38. The van der Waals surface area contributed by atoms with E-state index in [1.165, 1.54) is 0 Å². The molecule has 8 aromatic carbocycles. The zero-order chi connectivity index (χ0) is 36.0. The highest BCUT2D eigenvalue weighted by atomic mass is 16.3. The van der Waals surface area contributed by atoms with E-state index in [1.807, 2.05) is 103 Å². The molecule has 0 aliphatic heterocycles. The molecule has 10 aromatic rings. The highest BCUT2D eigenvalue weighted by molar-refractivity contribution is 6.25. The molecular formula is C46H28O2. The van der Waals surface area contributed by atoms with Gasteiger partial charge in [0.1, 0.15) is 22.5 Å². The number of rotatable bonds is 4. The molecule has 0 radical (unpaired) electrons. The van der Waals surface area contributed by atoms with Gasteiger partial charge >= 0.3 is 0 Å². The van der Waals surface area contributed by atoms with E-state index in [1.54, 1.807) is 0 Å². The topological polar surface area (TPSA) is 26.3 Å². The van der Waals surface area contributed by atoms with Crippen LogP contribution in [0, 0.1) is 0 Å². The van der Waals surface area contributed by atoms with Crippen LogP contribution in [0.15, 0.2) is 179 Å². The lowest BCUT2D eigenvalue weighted by molar-refractivity contribution is 0.631. The quantitative estimate of drug-likeness (QED) is 0.184. The van der Waals surface area contributed by atoms with Crippen molar-refractivity contribution in [1.29, 1.82) is 0 Å². The molecule has 0 saturated heterocycles. The van der Waals surface area contributed by atoms with Crippen LogP contribution in [0.1, 0.15) is 6.85 Å². The molecule has 2 aromatic heterocycles. The number of furan rings is 2. The zero-order valence-electron chi connectivity index (χ0n) is 30.6. The van der Waals surface area contributed by atoms with Crippen LogP contribution in [0.5, 0.6) is 0 Å². The third kappa shape index (κ3) is 4.06. The molecule has 224 valence electrons. The van der Waals surface area contributed by atoms with Crippen LogP contribution in [-0.4, -0.2) is 0 Å².